The van der Waals surface area contributed by atoms with Crippen molar-refractivity contribution in [3.05, 3.63) is 410 Å². The van der Waals surface area contributed by atoms with Crippen LogP contribution in [0.15, 0.2) is 377 Å². The van der Waals surface area contributed by atoms with E-state index in [1.807, 2.05) is 43.1 Å². The molecule has 0 saturated heterocycles. The summed E-state index contributed by atoms with van der Waals surface area (Å²) in [6.07, 6.45) is 9.40. The largest absolute Gasteiger partial charge is 0.265 e. The first kappa shape index (κ1) is 70.0. The van der Waals surface area contributed by atoms with Gasteiger partial charge in [0, 0.05) is 96.6 Å². The van der Waals surface area contributed by atoms with Gasteiger partial charge in [-0.3, -0.25) is 15.0 Å². The summed E-state index contributed by atoms with van der Waals surface area (Å²) in [7, 11) is 0. The van der Waals surface area contributed by atoms with Crippen LogP contribution < -0.4 is 0 Å². The van der Waals surface area contributed by atoms with Gasteiger partial charge in [-0.25, -0.2) is 15.0 Å². The molecule has 3 aliphatic rings. The fraction of sp³-hybridized carbons (Fsp3) is 0.0826. The van der Waals surface area contributed by atoms with Crippen LogP contribution in [-0.2, 0) is 16.2 Å². The molecule has 0 atom stereocenters. The highest BCUT2D eigenvalue weighted by Gasteiger charge is 2.43. The Balaban J connectivity index is 0.000000112. The zero-order chi connectivity index (χ0) is 77.5. The SMILES string of the molecule is CC1(C)c2ccccc2-c2nc3ccccc3c(-c3cccc(-c4cccc(-c5cccnc5)c4)c3)c21.CC1(C)c2ccccc2-c2nc3ccccc3c(-c3cccc(-c4cccc(-c5ccncc5)c4)c3)c21.CC1(C)c2ccccc2-c2nc3ccccc3c(-c3cccc(-c4cccc(-c5cnc6ccccc6c5)c4)c3)c21. The molecule has 19 aromatic rings. The molecule has 0 N–H and O–H groups in total. The summed E-state index contributed by atoms with van der Waals surface area (Å²) in [4.78, 5) is 28.8. The monoisotopic (exact) mass is 1470 g/mol. The molecule has 6 nitrogen and oxygen atoms in total. The summed E-state index contributed by atoms with van der Waals surface area (Å²) in [5.74, 6) is 0. The quantitative estimate of drug-likeness (QED) is 0.143. The molecule has 13 aromatic carbocycles. The highest BCUT2D eigenvalue weighted by molar-refractivity contribution is 6.06. The summed E-state index contributed by atoms with van der Waals surface area (Å²) in [6.45, 7) is 14.0. The molecular formula is C109H80N6. The minimum Gasteiger partial charge on any atom is -0.265 e. The van der Waals surface area contributed by atoms with Crippen LogP contribution in [0.5, 0.6) is 0 Å². The van der Waals surface area contributed by atoms with Crippen LogP contribution in [0.2, 0.25) is 0 Å². The molecule has 0 saturated carbocycles. The summed E-state index contributed by atoms with van der Waals surface area (Å²) in [5.41, 5.74) is 40.4. The molecule has 115 heavy (non-hydrogen) atoms. The van der Waals surface area contributed by atoms with Crippen molar-refractivity contribution in [3.63, 3.8) is 0 Å². The summed E-state index contributed by atoms with van der Waals surface area (Å²) in [5, 5.41) is 4.74. The standard InChI is InChI=1S/C39H28N2.2C35H26N2/c1-39(2)33-18-6-4-16-31(33)38-37(39)36(32-17-5-8-20-35(32)41-38)29-15-10-13-26(22-29)25-12-9-14-27(21-25)30-23-28-11-3-7-19-34(28)40-24-30;1-35(2)30-17-5-3-15-28(30)34-33(35)32(29-16-4-6-18-31(29)37-34)26-13-8-11-24(21-26)23-10-7-12-25(20-23)27-14-9-19-36-22-27;1-35(2)30-15-5-3-13-28(30)34-33(35)32(29-14-4-6-16-31(29)37-34)27-12-8-11-26(22-27)25-10-7-9-24(21-25)23-17-19-36-20-18-23/h3-24H,1-2H3;2*3-22H,1-2H3. The highest BCUT2D eigenvalue weighted by atomic mass is 14.8. The zero-order valence-corrected chi connectivity index (χ0v) is 65.0. The Morgan fingerprint density at radius 3 is 0.896 bits per heavy atom. The van der Waals surface area contributed by atoms with Crippen LogP contribution in [0, 0.1) is 0 Å². The predicted octanol–water partition coefficient (Wildman–Crippen LogP) is 28.0. The third-order valence-corrected chi connectivity index (χ3v) is 24.1. The van der Waals surface area contributed by atoms with Crippen molar-refractivity contribution in [1.29, 1.82) is 0 Å². The minimum absolute atomic E-state index is 0.143. The van der Waals surface area contributed by atoms with E-state index in [0.717, 1.165) is 61.2 Å². The average molecular weight is 1470 g/mol. The number of fused-ring (bicyclic) bond motifs is 13. The lowest BCUT2D eigenvalue weighted by Crippen LogP contribution is -2.16. The van der Waals surface area contributed by atoms with Gasteiger partial charge in [0.1, 0.15) is 0 Å². The molecule has 6 heteroatoms. The number of hydrogen-bond acceptors (Lipinski definition) is 6. The minimum atomic E-state index is -0.155. The first-order valence-corrected chi connectivity index (χ1v) is 39.7. The average Bonchev–Trinajstić information content (AvgIpc) is 1.57. The number of rotatable bonds is 9. The van der Waals surface area contributed by atoms with Gasteiger partial charge in [-0.05, 0) is 207 Å². The summed E-state index contributed by atoms with van der Waals surface area (Å²) < 4.78 is 0. The van der Waals surface area contributed by atoms with E-state index in [9.17, 15) is 0 Å². The maximum absolute atomic E-state index is 5.22. The van der Waals surface area contributed by atoms with Gasteiger partial charge in [0.25, 0.3) is 0 Å². The van der Waals surface area contributed by atoms with Gasteiger partial charge in [-0.1, -0.05) is 302 Å². The first-order valence-electron chi connectivity index (χ1n) is 39.7. The fourth-order valence-electron chi connectivity index (χ4n) is 18.6. The van der Waals surface area contributed by atoms with Crippen LogP contribution >= 0.6 is 0 Å². The Kier molecular flexibility index (Phi) is 17.2. The Labute approximate surface area is 671 Å². The molecular weight excluding hydrogens is 1390 g/mol. The molecule has 0 fully saturated rings. The molecule has 22 rings (SSSR count). The molecule has 0 bridgehead atoms. The number of nitrogens with zero attached hydrogens (tertiary/aromatic N) is 6. The molecule has 3 aliphatic carbocycles. The number of para-hydroxylation sites is 4. The van der Waals surface area contributed by atoms with E-state index in [2.05, 4.69) is 385 Å². The van der Waals surface area contributed by atoms with E-state index in [1.54, 1.807) is 0 Å². The van der Waals surface area contributed by atoms with Crippen LogP contribution in [-0.4, -0.2) is 29.9 Å². The normalized spacial score (nSPS) is 13.3. The van der Waals surface area contributed by atoms with Crippen LogP contribution in [0.1, 0.15) is 74.9 Å². The van der Waals surface area contributed by atoms with E-state index in [4.69, 9.17) is 19.9 Å². The second-order valence-electron chi connectivity index (χ2n) is 32.1. The Hall–Kier alpha value is -14.2. The van der Waals surface area contributed by atoms with E-state index in [1.165, 1.54) is 150 Å². The smallest absolute Gasteiger partial charge is 0.0759 e. The lowest BCUT2D eigenvalue weighted by atomic mass is 9.78. The Morgan fingerprint density at radius 1 is 0.209 bits per heavy atom. The Morgan fingerprint density at radius 2 is 0.513 bits per heavy atom. The van der Waals surface area contributed by atoms with Gasteiger partial charge in [0.2, 0.25) is 0 Å². The third-order valence-electron chi connectivity index (χ3n) is 24.1. The second kappa shape index (κ2) is 28.2. The van der Waals surface area contributed by atoms with Gasteiger partial charge >= 0.3 is 0 Å². The molecule has 6 heterocycles. The van der Waals surface area contributed by atoms with Gasteiger partial charge in [0.05, 0.1) is 39.1 Å². The fourth-order valence-corrected chi connectivity index (χ4v) is 18.6. The highest BCUT2D eigenvalue weighted by Crippen LogP contribution is 2.57. The topological polar surface area (TPSA) is 77.3 Å². The summed E-state index contributed by atoms with van der Waals surface area (Å²) >= 11 is 0. The van der Waals surface area contributed by atoms with Gasteiger partial charge < -0.3 is 0 Å². The Bertz CT molecular complexity index is 6810. The van der Waals surface area contributed by atoms with Crippen molar-refractivity contribution >= 4 is 43.6 Å². The van der Waals surface area contributed by atoms with Crippen molar-refractivity contribution in [2.45, 2.75) is 57.8 Å². The molecule has 546 valence electrons. The molecule has 0 unspecified atom stereocenters. The maximum Gasteiger partial charge on any atom is 0.0759 e. The van der Waals surface area contributed by atoms with E-state index in [-0.39, 0.29) is 16.2 Å². The summed E-state index contributed by atoms with van der Waals surface area (Å²) in [6, 6.07) is 124. The van der Waals surface area contributed by atoms with Gasteiger partial charge in [-0.2, -0.15) is 0 Å². The van der Waals surface area contributed by atoms with Crippen molar-refractivity contribution in [3.8, 4) is 134 Å². The first-order chi connectivity index (χ1) is 56.3. The number of benzene rings is 13. The lowest BCUT2D eigenvalue weighted by Gasteiger charge is -2.25. The number of pyridine rings is 6. The third kappa shape index (κ3) is 12.2. The molecule has 0 amide bonds. The van der Waals surface area contributed by atoms with Gasteiger partial charge in [0.15, 0.2) is 0 Å². The van der Waals surface area contributed by atoms with Gasteiger partial charge in [-0.15, -0.1) is 0 Å². The molecule has 0 spiro atoms. The van der Waals surface area contributed by atoms with E-state index >= 15 is 0 Å². The number of hydrogen-bond donors (Lipinski definition) is 0. The van der Waals surface area contributed by atoms with Crippen LogP contribution in [0.25, 0.3) is 178 Å². The van der Waals surface area contributed by atoms with E-state index < -0.39 is 0 Å². The number of aromatic nitrogens is 6. The predicted molar refractivity (Wildman–Crippen MR) is 478 cm³/mol. The van der Waals surface area contributed by atoms with Crippen molar-refractivity contribution in [2.75, 3.05) is 0 Å². The maximum atomic E-state index is 5.22. The lowest BCUT2D eigenvalue weighted by molar-refractivity contribution is 0.661. The molecule has 6 aromatic heterocycles. The zero-order valence-electron chi connectivity index (χ0n) is 65.0. The molecule has 0 aliphatic heterocycles. The van der Waals surface area contributed by atoms with Crippen molar-refractivity contribution < 1.29 is 0 Å². The van der Waals surface area contributed by atoms with Crippen LogP contribution in [0.3, 0.4) is 0 Å². The van der Waals surface area contributed by atoms with Crippen molar-refractivity contribution in [1.82, 2.24) is 29.9 Å². The van der Waals surface area contributed by atoms with Crippen LogP contribution in [0.4, 0.5) is 0 Å². The molecule has 0 radical (unpaired) electrons. The van der Waals surface area contributed by atoms with Crippen molar-refractivity contribution in [2.24, 2.45) is 0 Å². The second-order valence-corrected chi connectivity index (χ2v) is 32.1. The van der Waals surface area contributed by atoms with E-state index in [0.29, 0.717) is 0 Å².